The number of halogens is 1. The van der Waals surface area contributed by atoms with Crippen LogP contribution in [-0.4, -0.2) is 48.8 Å². The molecule has 1 rings (SSSR count). The molecule has 1 unspecified atom stereocenters. The molecule has 0 heterocycles. The van der Waals surface area contributed by atoms with Crippen LogP contribution in [0.25, 0.3) is 0 Å². The topological polar surface area (TPSA) is 59.0 Å². The maximum Gasteiger partial charge on any atom is 0.320 e. The van der Waals surface area contributed by atoms with Crippen LogP contribution in [0.2, 0.25) is 0 Å². The number of likely N-dealkylation sites (N-methyl/N-ethyl adjacent to an activating group) is 1. The minimum absolute atomic E-state index is 0. The Morgan fingerprint density at radius 3 is 2.10 bits per heavy atom. The van der Waals surface area contributed by atoms with E-state index in [1.54, 1.807) is 18.9 Å². The van der Waals surface area contributed by atoms with Crippen LogP contribution in [0, 0.1) is 0 Å². The van der Waals surface area contributed by atoms with Crippen molar-refractivity contribution in [2.45, 2.75) is 26.3 Å². The second-order valence-corrected chi connectivity index (χ2v) is 4.66. The minimum Gasteiger partial charge on any atom is -0.494 e. The zero-order chi connectivity index (χ0) is 15.0. The third-order valence-electron chi connectivity index (χ3n) is 3.03. The summed E-state index contributed by atoms with van der Waals surface area (Å²) in [5, 5.41) is 8.87. The molecule has 0 aliphatic heterocycles. The van der Waals surface area contributed by atoms with E-state index in [2.05, 4.69) is 6.92 Å². The van der Waals surface area contributed by atoms with Crippen molar-refractivity contribution in [1.29, 1.82) is 0 Å². The third-order valence-corrected chi connectivity index (χ3v) is 3.03. The van der Waals surface area contributed by atoms with Crippen LogP contribution >= 0.6 is 12.4 Å². The van der Waals surface area contributed by atoms with Gasteiger partial charge in [0.05, 0.1) is 6.61 Å². The second-order valence-electron chi connectivity index (χ2n) is 4.66. The first-order valence-corrected chi connectivity index (χ1v) is 6.83. The van der Waals surface area contributed by atoms with E-state index in [9.17, 15) is 4.79 Å². The average Bonchev–Trinajstić information content (AvgIpc) is 2.45. The molecule has 1 aromatic rings. The standard InChI is InChI=1S/C15H23NO4.ClH/c1-4-10-19-13-5-7-14(8-6-13)20-11-9-16(3)12(2)15(17)18;/h5-8,12H,4,9-11H2,1-3H3,(H,17,18);1H. The highest BCUT2D eigenvalue weighted by atomic mass is 35.5. The van der Waals surface area contributed by atoms with E-state index in [-0.39, 0.29) is 12.4 Å². The Morgan fingerprint density at radius 1 is 1.19 bits per heavy atom. The predicted octanol–water partition coefficient (Wildman–Crippen LogP) is 2.68. The van der Waals surface area contributed by atoms with Crippen molar-refractivity contribution in [2.24, 2.45) is 0 Å². The van der Waals surface area contributed by atoms with Crippen molar-refractivity contribution < 1.29 is 19.4 Å². The number of benzene rings is 1. The van der Waals surface area contributed by atoms with Gasteiger partial charge in [-0.05, 0) is 44.7 Å². The lowest BCUT2D eigenvalue weighted by Gasteiger charge is -2.20. The first-order valence-electron chi connectivity index (χ1n) is 6.83. The van der Waals surface area contributed by atoms with Crippen molar-refractivity contribution in [3.8, 4) is 11.5 Å². The number of hydrogen-bond donors (Lipinski definition) is 1. The molecular weight excluding hydrogens is 294 g/mol. The van der Waals surface area contributed by atoms with E-state index in [4.69, 9.17) is 14.6 Å². The van der Waals surface area contributed by atoms with Gasteiger partial charge in [-0.25, -0.2) is 0 Å². The van der Waals surface area contributed by atoms with E-state index in [1.807, 2.05) is 24.3 Å². The van der Waals surface area contributed by atoms with Gasteiger partial charge in [0.15, 0.2) is 0 Å². The molecule has 0 saturated heterocycles. The van der Waals surface area contributed by atoms with Gasteiger partial charge in [0.2, 0.25) is 0 Å². The molecule has 0 spiro atoms. The lowest BCUT2D eigenvalue weighted by Crippen LogP contribution is -2.38. The molecule has 0 aromatic heterocycles. The average molecular weight is 318 g/mol. The fraction of sp³-hybridized carbons (Fsp3) is 0.533. The molecule has 0 bridgehead atoms. The molecule has 1 N–H and O–H groups in total. The van der Waals surface area contributed by atoms with Crippen LogP contribution in [0.5, 0.6) is 11.5 Å². The smallest absolute Gasteiger partial charge is 0.320 e. The van der Waals surface area contributed by atoms with Crippen molar-refractivity contribution in [3.63, 3.8) is 0 Å². The van der Waals surface area contributed by atoms with Gasteiger partial charge in [0, 0.05) is 6.54 Å². The number of hydrogen-bond acceptors (Lipinski definition) is 4. The Kier molecular flexibility index (Phi) is 9.58. The molecule has 5 nitrogen and oxygen atoms in total. The molecule has 0 aliphatic rings. The van der Waals surface area contributed by atoms with Crippen molar-refractivity contribution >= 4 is 18.4 Å². The summed E-state index contributed by atoms with van der Waals surface area (Å²) in [5.41, 5.74) is 0. The summed E-state index contributed by atoms with van der Waals surface area (Å²) in [5.74, 6) is 0.756. The molecule has 0 saturated carbocycles. The summed E-state index contributed by atoms with van der Waals surface area (Å²) in [6, 6.07) is 6.93. The Morgan fingerprint density at radius 2 is 1.67 bits per heavy atom. The quantitative estimate of drug-likeness (QED) is 0.759. The van der Waals surface area contributed by atoms with Gasteiger partial charge in [-0.3, -0.25) is 9.69 Å². The number of carboxylic acids is 1. The highest BCUT2D eigenvalue weighted by Crippen LogP contribution is 2.17. The maximum absolute atomic E-state index is 10.8. The first-order chi connectivity index (χ1) is 9.54. The molecule has 6 heteroatoms. The first kappa shape index (κ1) is 19.5. The van der Waals surface area contributed by atoms with Gasteiger partial charge < -0.3 is 14.6 Å². The molecular formula is C15H24ClNO4. The SMILES string of the molecule is CCCOc1ccc(OCCN(C)C(C)C(=O)O)cc1.Cl. The number of carbonyl (C=O) groups is 1. The number of aliphatic carboxylic acids is 1. The van der Waals surface area contributed by atoms with Crippen LogP contribution in [0.1, 0.15) is 20.3 Å². The van der Waals surface area contributed by atoms with E-state index < -0.39 is 12.0 Å². The Balaban J connectivity index is 0.00000400. The molecule has 120 valence electrons. The van der Waals surface area contributed by atoms with Gasteiger partial charge >= 0.3 is 5.97 Å². The predicted molar refractivity (Wildman–Crippen MR) is 84.7 cm³/mol. The summed E-state index contributed by atoms with van der Waals surface area (Å²) in [6.45, 7) is 5.43. The highest BCUT2D eigenvalue weighted by Gasteiger charge is 2.15. The van der Waals surface area contributed by atoms with Gasteiger partial charge in [-0.2, -0.15) is 0 Å². The van der Waals surface area contributed by atoms with Crippen LogP contribution in [0.4, 0.5) is 0 Å². The lowest BCUT2D eigenvalue weighted by molar-refractivity contribution is -0.142. The largest absolute Gasteiger partial charge is 0.494 e. The number of carboxylic acid groups (broad SMARTS) is 1. The number of rotatable bonds is 9. The fourth-order valence-corrected chi connectivity index (χ4v) is 1.54. The lowest BCUT2D eigenvalue weighted by atomic mass is 10.3. The molecule has 0 radical (unpaired) electrons. The maximum atomic E-state index is 10.8. The summed E-state index contributed by atoms with van der Waals surface area (Å²) < 4.78 is 11.1. The Hall–Kier alpha value is -1.46. The van der Waals surface area contributed by atoms with E-state index in [1.165, 1.54) is 0 Å². The van der Waals surface area contributed by atoms with Crippen LogP contribution in [-0.2, 0) is 4.79 Å². The fourth-order valence-electron chi connectivity index (χ4n) is 1.54. The summed E-state index contributed by atoms with van der Waals surface area (Å²) in [6.07, 6.45) is 0.979. The monoisotopic (exact) mass is 317 g/mol. The van der Waals surface area contributed by atoms with Gasteiger partial charge in [-0.15, -0.1) is 12.4 Å². The van der Waals surface area contributed by atoms with Crippen molar-refractivity contribution in [1.82, 2.24) is 4.90 Å². The molecule has 21 heavy (non-hydrogen) atoms. The van der Waals surface area contributed by atoms with E-state index in [0.29, 0.717) is 19.8 Å². The molecule has 0 amide bonds. The number of nitrogens with zero attached hydrogens (tertiary/aromatic N) is 1. The van der Waals surface area contributed by atoms with Crippen LogP contribution in [0.3, 0.4) is 0 Å². The summed E-state index contributed by atoms with van der Waals surface area (Å²) in [4.78, 5) is 12.5. The Bertz CT molecular complexity index is 411. The summed E-state index contributed by atoms with van der Waals surface area (Å²) >= 11 is 0. The highest BCUT2D eigenvalue weighted by molar-refractivity contribution is 5.85. The van der Waals surface area contributed by atoms with E-state index in [0.717, 1.165) is 17.9 Å². The van der Waals surface area contributed by atoms with Crippen LogP contribution < -0.4 is 9.47 Å². The third kappa shape index (κ3) is 7.20. The minimum atomic E-state index is -0.829. The molecule has 0 aliphatic carbocycles. The second kappa shape index (κ2) is 10.3. The zero-order valence-corrected chi connectivity index (χ0v) is 13.6. The van der Waals surface area contributed by atoms with Gasteiger partial charge in [0.25, 0.3) is 0 Å². The van der Waals surface area contributed by atoms with Gasteiger partial charge in [0.1, 0.15) is 24.1 Å². The Labute approximate surface area is 132 Å². The number of ether oxygens (including phenoxy) is 2. The van der Waals surface area contributed by atoms with Gasteiger partial charge in [-0.1, -0.05) is 6.92 Å². The summed E-state index contributed by atoms with van der Waals surface area (Å²) in [7, 11) is 1.77. The molecule has 0 fully saturated rings. The molecule has 1 atom stereocenters. The van der Waals surface area contributed by atoms with E-state index >= 15 is 0 Å². The van der Waals surface area contributed by atoms with Crippen molar-refractivity contribution in [3.05, 3.63) is 24.3 Å². The van der Waals surface area contributed by atoms with Crippen LogP contribution in [0.15, 0.2) is 24.3 Å². The zero-order valence-electron chi connectivity index (χ0n) is 12.7. The normalized spacial score (nSPS) is 11.6. The molecule has 1 aromatic carbocycles. The van der Waals surface area contributed by atoms with Crippen molar-refractivity contribution in [2.75, 3.05) is 26.8 Å².